The topological polar surface area (TPSA) is 78.3 Å². The number of carbonyl (C=O) groups excluding carboxylic acids is 1. The van der Waals surface area contributed by atoms with Gasteiger partial charge in [0.05, 0.1) is 17.3 Å². The second-order valence-electron chi connectivity index (χ2n) is 8.46. The Morgan fingerprint density at radius 2 is 1.91 bits per heavy atom. The van der Waals surface area contributed by atoms with Crippen molar-refractivity contribution in [2.75, 3.05) is 11.9 Å². The van der Waals surface area contributed by atoms with Crippen LogP contribution in [0.4, 0.5) is 19.0 Å². The van der Waals surface area contributed by atoms with Crippen LogP contribution in [0.5, 0.6) is 0 Å². The van der Waals surface area contributed by atoms with Crippen LogP contribution in [-0.2, 0) is 6.18 Å². The van der Waals surface area contributed by atoms with E-state index < -0.39 is 11.9 Å². The first-order chi connectivity index (χ1) is 15.8. The molecule has 3 heterocycles. The second kappa shape index (κ2) is 8.09. The zero-order valence-electron chi connectivity index (χ0n) is 17.9. The average Bonchev–Trinajstić information content (AvgIpc) is 3.45. The van der Waals surface area contributed by atoms with Crippen molar-refractivity contribution >= 4 is 28.3 Å². The molecule has 1 amide bonds. The molecule has 3 aromatic heterocycles. The number of hydrogen-bond donors (Lipinski definition) is 2. The van der Waals surface area contributed by atoms with Crippen LogP contribution in [-0.4, -0.2) is 44.6 Å². The first-order valence-electron chi connectivity index (χ1n) is 10.8. The summed E-state index contributed by atoms with van der Waals surface area (Å²) in [5.41, 5.74) is 0.770. The van der Waals surface area contributed by atoms with Gasteiger partial charge < -0.3 is 10.2 Å². The van der Waals surface area contributed by atoms with Crippen LogP contribution >= 0.6 is 0 Å². The van der Waals surface area contributed by atoms with Crippen LogP contribution in [0.2, 0.25) is 0 Å². The summed E-state index contributed by atoms with van der Waals surface area (Å²) < 4.78 is 40.9. The van der Waals surface area contributed by atoms with Crippen molar-refractivity contribution in [3.63, 3.8) is 0 Å². The van der Waals surface area contributed by atoms with E-state index in [2.05, 4.69) is 20.5 Å². The molecule has 0 bridgehead atoms. The number of rotatable bonds is 4. The number of imidazole rings is 1. The molecule has 5 rings (SSSR count). The molecule has 33 heavy (non-hydrogen) atoms. The molecule has 0 atom stereocenters. The number of nitrogens with zero attached hydrogens (tertiary/aromatic N) is 4. The molecule has 7 nitrogen and oxygen atoms in total. The van der Waals surface area contributed by atoms with Crippen molar-refractivity contribution in [1.29, 1.82) is 0 Å². The Balaban J connectivity index is 1.26. The molecule has 1 saturated carbocycles. The Morgan fingerprint density at radius 1 is 1.15 bits per heavy atom. The first-order valence-corrected chi connectivity index (χ1v) is 10.8. The summed E-state index contributed by atoms with van der Waals surface area (Å²) in [4.78, 5) is 18.6. The van der Waals surface area contributed by atoms with Crippen LogP contribution < -0.4 is 10.2 Å². The van der Waals surface area contributed by atoms with Crippen molar-refractivity contribution in [2.24, 2.45) is 0 Å². The molecule has 0 aliphatic heterocycles. The third kappa shape index (κ3) is 4.01. The normalized spacial score (nSPS) is 19.2. The highest BCUT2D eigenvalue weighted by atomic mass is 19.4. The minimum absolute atomic E-state index is 0.0465. The lowest BCUT2D eigenvalue weighted by Crippen LogP contribution is -2.43. The molecular formula is C23H23F3N6O. The summed E-state index contributed by atoms with van der Waals surface area (Å²) in [6, 6.07) is 10.8. The van der Waals surface area contributed by atoms with Gasteiger partial charge >= 0.3 is 6.18 Å². The number of alkyl halides is 3. The monoisotopic (exact) mass is 456 g/mol. The largest absolute Gasteiger partial charge is 0.434 e. The Hall–Kier alpha value is -3.56. The number of carbonyl (C=O) groups is 1. The van der Waals surface area contributed by atoms with E-state index in [0.717, 1.165) is 42.8 Å². The number of anilines is 1. The molecule has 172 valence electrons. The molecule has 1 fully saturated rings. The van der Waals surface area contributed by atoms with Crippen molar-refractivity contribution in [3.05, 3.63) is 60.0 Å². The van der Waals surface area contributed by atoms with Gasteiger partial charge in [0.15, 0.2) is 5.69 Å². The van der Waals surface area contributed by atoms with E-state index >= 15 is 0 Å². The summed E-state index contributed by atoms with van der Waals surface area (Å²) in [6.45, 7) is 0. The number of hydrogen-bond acceptors (Lipinski definition) is 4. The highest BCUT2D eigenvalue weighted by molar-refractivity contribution is 6.06. The predicted molar refractivity (Wildman–Crippen MR) is 118 cm³/mol. The van der Waals surface area contributed by atoms with Crippen LogP contribution in [0.25, 0.3) is 16.6 Å². The van der Waals surface area contributed by atoms with Gasteiger partial charge in [0.1, 0.15) is 11.5 Å². The highest BCUT2D eigenvalue weighted by Gasteiger charge is 2.34. The molecular weight excluding hydrogens is 433 g/mol. The summed E-state index contributed by atoms with van der Waals surface area (Å²) in [5, 5.41) is 10.8. The number of aromatic amines is 1. The van der Waals surface area contributed by atoms with E-state index in [1.54, 1.807) is 30.5 Å². The van der Waals surface area contributed by atoms with Gasteiger partial charge in [-0.2, -0.15) is 18.3 Å². The molecule has 0 spiro atoms. The highest BCUT2D eigenvalue weighted by Crippen LogP contribution is 2.32. The zero-order valence-corrected chi connectivity index (χ0v) is 17.9. The number of fused-ring (bicyclic) bond motifs is 2. The number of nitrogens with one attached hydrogen (secondary N) is 2. The lowest BCUT2D eigenvalue weighted by atomic mass is 9.90. The van der Waals surface area contributed by atoms with Crippen LogP contribution in [0, 0.1) is 0 Å². The lowest BCUT2D eigenvalue weighted by Gasteiger charge is -2.36. The quantitative estimate of drug-likeness (QED) is 0.477. The first kappa shape index (κ1) is 21.3. The Kier molecular flexibility index (Phi) is 5.22. The standard InChI is InChI=1S/C23H23F3N6O/c1-31(21-7-3-6-20-29-19(13-32(20)21)23(24,25)26)15-10-8-14(9-11-15)28-22(33)16-4-2-5-18-17(16)12-27-30-18/h2-7,12-15H,8-11H2,1H3,(H,27,30)(H,28,33). The Bertz CT molecular complexity index is 1300. The lowest BCUT2D eigenvalue weighted by molar-refractivity contribution is -0.140. The third-order valence-electron chi connectivity index (χ3n) is 6.43. The Morgan fingerprint density at radius 3 is 2.67 bits per heavy atom. The number of H-pyrrole nitrogens is 1. The fourth-order valence-corrected chi connectivity index (χ4v) is 4.64. The summed E-state index contributed by atoms with van der Waals surface area (Å²) in [6.07, 6.45) is 1.41. The molecule has 0 unspecified atom stereocenters. The minimum atomic E-state index is -4.49. The van der Waals surface area contributed by atoms with Gasteiger partial charge in [0.25, 0.3) is 5.91 Å². The molecule has 0 saturated heterocycles. The van der Waals surface area contributed by atoms with Gasteiger partial charge in [-0.3, -0.25) is 14.3 Å². The number of pyridine rings is 1. The van der Waals surface area contributed by atoms with Crippen LogP contribution in [0.15, 0.2) is 48.8 Å². The predicted octanol–water partition coefficient (Wildman–Crippen LogP) is 4.41. The van der Waals surface area contributed by atoms with Crippen molar-refractivity contribution in [3.8, 4) is 0 Å². The van der Waals surface area contributed by atoms with Gasteiger partial charge in [0.2, 0.25) is 0 Å². The van der Waals surface area contributed by atoms with E-state index in [0.29, 0.717) is 11.4 Å². The van der Waals surface area contributed by atoms with Crippen molar-refractivity contribution in [1.82, 2.24) is 24.9 Å². The maximum absolute atomic E-state index is 13.1. The van der Waals surface area contributed by atoms with Crippen molar-refractivity contribution in [2.45, 2.75) is 43.9 Å². The van der Waals surface area contributed by atoms with E-state index in [1.165, 1.54) is 4.40 Å². The van der Waals surface area contributed by atoms with Gasteiger partial charge in [-0.25, -0.2) is 4.98 Å². The molecule has 10 heteroatoms. The fraction of sp³-hybridized carbons (Fsp3) is 0.348. The van der Waals surface area contributed by atoms with Gasteiger partial charge in [0, 0.05) is 30.7 Å². The van der Waals surface area contributed by atoms with Crippen molar-refractivity contribution < 1.29 is 18.0 Å². The Labute approximate surface area is 187 Å². The molecule has 1 aromatic carbocycles. The van der Waals surface area contributed by atoms with E-state index in [4.69, 9.17) is 0 Å². The summed E-state index contributed by atoms with van der Waals surface area (Å²) in [5.74, 6) is 0.538. The zero-order chi connectivity index (χ0) is 23.2. The van der Waals surface area contributed by atoms with Gasteiger partial charge in [-0.1, -0.05) is 12.1 Å². The number of benzene rings is 1. The maximum atomic E-state index is 13.1. The van der Waals surface area contributed by atoms with Crippen LogP contribution in [0.1, 0.15) is 41.7 Å². The second-order valence-corrected chi connectivity index (χ2v) is 8.46. The average molecular weight is 456 g/mol. The minimum Gasteiger partial charge on any atom is -0.358 e. The molecule has 1 aliphatic carbocycles. The molecule has 4 aromatic rings. The summed E-state index contributed by atoms with van der Waals surface area (Å²) >= 11 is 0. The van der Waals surface area contributed by atoms with Gasteiger partial charge in [-0.05, 0) is 49.9 Å². The maximum Gasteiger partial charge on any atom is 0.434 e. The third-order valence-corrected chi connectivity index (χ3v) is 6.43. The molecule has 2 N–H and O–H groups in total. The van der Waals surface area contributed by atoms with Gasteiger partial charge in [-0.15, -0.1) is 0 Å². The SMILES string of the molecule is CN(c1cccc2nc(C(F)(F)F)cn12)C1CCC(NC(=O)c2cccc3[nH]ncc23)CC1. The molecule has 1 aliphatic rings. The van der Waals surface area contributed by atoms with E-state index in [9.17, 15) is 18.0 Å². The smallest absolute Gasteiger partial charge is 0.358 e. The number of aromatic nitrogens is 4. The summed E-state index contributed by atoms with van der Waals surface area (Å²) in [7, 11) is 1.89. The number of halogens is 3. The molecule has 0 radical (unpaired) electrons. The number of amides is 1. The fourth-order valence-electron chi connectivity index (χ4n) is 4.64. The van der Waals surface area contributed by atoms with E-state index in [-0.39, 0.29) is 23.6 Å². The van der Waals surface area contributed by atoms with Crippen LogP contribution in [0.3, 0.4) is 0 Å². The van der Waals surface area contributed by atoms with E-state index in [1.807, 2.05) is 24.1 Å².